The van der Waals surface area contributed by atoms with Gasteiger partial charge in [-0.1, -0.05) is 11.6 Å². The van der Waals surface area contributed by atoms with Crippen molar-refractivity contribution in [2.75, 3.05) is 12.0 Å². The van der Waals surface area contributed by atoms with Crippen molar-refractivity contribution in [1.29, 1.82) is 0 Å². The van der Waals surface area contributed by atoms with Crippen molar-refractivity contribution in [3.63, 3.8) is 0 Å². The number of nitrogens with zero attached hydrogens (tertiary/aromatic N) is 1. The summed E-state index contributed by atoms with van der Waals surface area (Å²) in [5.74, 6) is -1.04. The molecule has 1 aromatic rings. The predicted molar refractivity (Wildman–Crippen MR) is 87.6 cm³/mol. The van der Waals surface area contributed by atoms with Crippen LogP contribution in [0, 0.1) is 0 Å². The fraction of sp³-hybridized carbons (Fsp3) is 0.500. The molecule has 1 aromatic heterocycles. The van der Waals surface area contributed by atoms with Crippen molar-refractivity contribution in [2.24, 2.45) is 0 Å². The molecule has 1 atom stereocenters. The molecule has 1 rings (SSSR count). The maximum absolute atomic E-state index is 12.4. The highest BCUT2D eigenvalue weighted by atomic mass is 35.5. The molecule has 1 amide bonds. The molecule has 0 saturated carbocycles. The van der Waals surface area contributed by atoms with E-state index in [2.05, 4.69) is 5.32 Å². The van der Waals surface area contributed by atoms with Gasteiger partial charge in [0.2, 0.25) is 5.91 Å². The highest BCUT2D eigenvalue weighted by molar-refractivity contribution is 7.98. The predicted octanol–water partition coefficient (Wildman–Crippen LogP) is 1.56. The Kier molecular flexibility index (Phi) is 6.49. The van der Waals surface area contributed by atoms with Crippen LogP contribution in [0.4, 0.5) is 0 Å². The van der Waals surface area contributed by atoms with Gasteiger partial charge in [0.1, 0.15) is 11.6 Å². The van der Waals surface area contributed by atoms with Crippen molar-refractivity contribution in [1.82, 2.24) is 9.88 Å². The molecule has 0 aliphatic rings. The van der Waals surface area contributed by atoms with Crippen LogP contribution in [0.25, 0.3) is 0 Å². The number of hydrogen-bond acceptors (Lipinski definition) is 4. The first kappa shape index (κ1) is 18.6. The summed E-state index contributed by atoms with van der Waals surface area (Å²) in [6, 6.07) is 1.71. The second-order valence-electron chi connectivity index (χ2n) is 5.26. The van der Waals surface area contributed by atoms with Crippen LogP contribution in [0.5, 0.6) is 0 Å². The number of aromatic nitrogens is 1. The molecular formula is C14H19ClN2O4S. The third-order valence-corrected chi connectivity index (χ3v) is 4.11. The molecule has 2 N–H and O–H groups in total. The van der Waals surface area contributed by atoms with Gasteiger partial charge in [-0.15, -0.1) is 0 Å². The second-order valence-corrected chi connectivity index (χ2v) is 6.68. The van der Waals surface area contributed by atoms with E-state index in [1.165, 1.54) is 48.5 Å². The quantitative estimate of drug-likeness (QED) is 0.782. The standard InChI is InChI=1S/C14H19ClN2O4S/c1-14(2,17-8-9(15)4-5-11(17)18)13(21)16-10(12(19)20)6-7-22-3/h4-5,8,10H,6-7H2,1-3H3,(H,16,21)(H,19,20). The van der Waals surface area contributed by atoms with Crippen molar-refractivity contribution in [3.8, 4) is 0 Å². The zero-order valence-electron chi connectivity index (χ0n) is 12.6. The Morgan fingerprint density at radius 1 is 1.45 bits per heavy atom. The summed E-state index contributed by atoms with van der Waals surface area (Å²) in [7, 11) is 0. The maximum atomic E-state index is 12.4. The Bertz CT molecular complexity index is 615. The summed E-state index contributed by atoms with van der Waals surface area (Å²) >= 11 is 7.36. The number of carboxylic acids is 1. The number of aliphatic carboxylic acids is 1. The third kappa shape index (κ3) is 4.51. The monoisotopic (exact) mass is 346 g/mol. The molecule has 0 bridgehead atoms. The molecule has 122 valence electrons. The number of carbonyl (C=O) groups excluding carboxylic acids is 1. The number of pyridine rings is 1. The first-order chi connectivity index (χ1) is 10.2. The minimum absolute atomic E-state index is 0.308. The summed E-state index contributed by atoms with van der Waals surface area (Å²) in [6.45, 7) is 3.07. The molecule has 8 heteroatoms. The van der Waals surface area contributed by atoms with E-state index in [4.69, 9.17) is 11.6 Å². The number of carboxylic acid groups (broad SMARTS) is 1. The molecule has 0 aliphatic heterocycles. The van der Waals surface area contributed by atoms with E-state index < -0.39 is 23.5 Å². The normalized spacial score (nSPS) is 12.7. The lowest BCUT2D eigenvalue weighted by atomic mass is 10.0. The Hall–Kier alpha value is -1.47. The Morgan fingerprint density at radius 3 is 2.64 bits per heavy atom. The fourth-order valence-corrected chi connectivity index (χ4v) is 2.47. The van der Waals surface area contributed by atoms with Gasteiger partial charge in [0, 0.05) is 12.3 Å². The number of carbonyl (C=O) groups is 2. The van der Waals surface area contributed by atoms with Crippen molar-refractivity contribution in [3.05, 3.63) is 33.7 Å². The van der Waals surface area contributed by atoms with Gasteiger partial charge in [-0.3, -0.25) is 14.2 Å². The van der Waals surface area contributed by atoms with Crippen LogP contribution in [0.2, 0.25) is 5.02 Å². The van der Waals surface area contributed by atoms with E-state index in [-0.39, 0.29) is 5.56 Å². The van der Waals surface area contributed by atoms with E-state index >= 15 is 0 Å². The van der Waals surface area contributed by atoms with Gasteiger partial charge in [0.05, 0.1) is 5.02 Å². The zero-order valence-corrected chi connectivity index (χ0v) is 14.2. The van der Waals surface area contributed by atoms with Crippen molar-refractivity contribution < 1.29 is 14.7 Å². The molecule has 0 radical (unpaired) electrons. The first-order valence-corrected chi connectivity index (χ1v) is 8.38. The Labute approximate surface area is 137 Å². The van der Waals surface area contributed by atoms with E-state index in [9.17, 15) is 19.5 Å². The van der Waals surface area contributed by atoms with Gasteiger partial charge >= 0.3 is 5.97 Å². The van der Waals surface area contributed by atoms with E-state index in [1.54, 1.807) is 0 Å². The van der Waals surface area contributed by atoms with Crippen LogP contribution < -0.4 is 10.9 Å². The van der Waals surface area contributed by atoms with Crippen LogP contribution in [0.15, 0.2) is 23.1 Å². The number of hydrogen-bond donors (Lipinski definition) is 2. The molecule has 0 aromatic carbocycles. The molecule has 0 spiro atoms. The average molecular weight is 347 g/mol. The Morgan fingerprint density at radius 2 is 2.09 bits per heavy atom. The minimum atomic E-state index is -1.25. The lowest BCUT2D eigenvalue weighted by Gasteiger charge is -2.28. The SMILES string of the molecule is CSCCC(NC(=O)C(C)(C)n1cc(Cl)ccc1=O)C(=O)O. The second kappa shape index (κ2) is 7.69. The highest BCUT2D eigenvalue weighted by Gasteiger charge is 2.33. The fourth-order valence-electron chi connectivity index (χ4n) is 1.84. The molecule has 1 unspecified atom stereocenters. The molecule has 6 nitrogen and oxygen atoms in total. The van der Waals surface area contributed by atoms with Crippen LogP contribution in [-0.4, -0.2) is 39.6 Å². The molecule has 22 heavy (non-hydrogen) atoms. The number of thioether (sulfide) groups is 1. The van der Waals surface area contributed by atoms with Crippen molar-refractivity contribution >= 4 is 35.2 Å². The largest absolute Gasteiger partial charge is 0.480 e. The first-order valence-electron chi connectivity index (χ1n) is 6.61. The van der Waals surface area contributed by atoms with Gasteiger partial charge in [-0.05, 0) is 38.3 Å². The summed E-state index contributed by atoms with van der Waals surface area (Å²) in [6.07, 6.45) is 3.53. The number of amides is 1. The maximum Gasteiger partial charge on any atom is 0.326 e. The van der Waals surface area contributed by atoms with Gasteiger partial charge in [-0.2, -0.15) is 11.8 Å². The van der Waals surface area contributed by atoms with Crippen LogP contribution in [0.3, 0.4) is 0 Å². The summed E-state index contributed by atoms with van der Waals surface area (Å²) < 4.78 is 1.19. The summed E-state index contributed by atoms with van der Waals surface area (Å²) in [5, 5.41) is 12.0. The lowest BCUT2D eigenvalue weighted by molar-refractivity contribution is -0.143. The summed E-state index contributed by atoms with van der Waals surface area (Å²) in [4.78, 5) is 35.6. The van der Waals surface area contributed by atoms with E-state index in [0.717, 1.165) is 0 Å². The van der Waals surface area contributed by atoms with E-state index in [1.807, 2.05) is 6.26 Å². The number of nitrogens with one attached hydrogen (secondary N) is 1. The minimum Gasteiger partial charge on any atom is -0.480 e. The third-order valence-electron chi connectivity index (χ3n) is 3.25. The number of halogens is 1. The molecule has 0 saturated heterocycles. The van der Waals surface area contributed by atoms with E-state index in [0.29, 0.717) is 17.2 Å². The van der Waals surface area contributed by atoms with Crippen LogP contribution in [-0.2, 0) is 15.1 Å². The van der Waals surface area contributed by atoms with Crippen molar-refractivity contribution in [2.45, 2.75) is 31.8 Å². The zero-order chi connectivity index (χ0) is 16.9. The van der Waals surface area contributed by atoms with Crippen LogP contribution >= 0.6 is 23.4 Å². The summed E-state index contributed by atoms with van der Waals surface area (Å²) in [5.41, 5.74) is -1.64. The highest BCUT2D eigenvalue weighted by Crippen LogP contribution is 2.16. The molecule has 0 aliphatic carbocycles. The van der Waals surface area contributed by atoms with Gasteiger partial charge < -0.3 is 10.4 Å². The molecular weight excluding hydrogens is 328 g/mol. The smallest absolute Gasteiger partial charge is 0.326 e. The molecule has 0 fully saturated rings. The lowest BCUT2D eigenvalue weighted by Crippen LogP contribution is -2.53. The number of rotatable bonds is 7. The van der Waals surface area contributed by atoms with Gasteiger partial charge in [0.15, 0.2) is 0 Å². The topological polar surface area (TPSA) is 88.4 Å². The van der Waals surface area contributed by atoms with Gasteiger partial charge in [-0.25, -0.2) is 4.79 Å². The van der Waals surface area contributed by atoms with Crippen LogP contribution in [0.1, 0.15) is 20.3 Å². The van der Waals surface area contributed by atoms with Gasteiger partial charge in [0.25, 0.3) is 5.56 Å². The average Bonchev–Trinajstić information content (AvgIpc) is 2.45. The Balaban J connectivity index is 3.00. The molecule has 1 heterocycles.